The minimum atomic E-state index is -0.103. The zero-order valence-corrected chi connectivity index (χ0v) is 15.5. The van der Waals surface area contributed by atoms with Gasteiger partial charge in [-0.25, -0.2) is 0 Å². The molecule has 3 rings (SSSR count). The van der Waals surface area contributed by atoms with E-state index < -0.39 is 0 Å². The summed E-state index contributed by atoms with van der Waals surface area (Å²) < 4.78 is 0. The minimum Gasteiger partial charge on any atom is -0.351 e. The molecule has 1 fully saturated rings. The average molecular weight is 350 g/mol. The van der Waals surface area contributed by atoms with Gasteiger partial charge < -0.3 is 10.2 Å². The first-order valence-electron chi connectivity index (χ1n) is 9.24. The number of hydrogen-bond donors (Lipinski definition) is 1. The van der Waals surface area contributed by atoms with Crippen molar-refractivity contribution in [2.75, 3.05) is 11.4 Å². The Hall–Kier alpha value is -2.62. The maximum atomic E-state index is 12.3. The quantitative estimate of drug-likeness (QED) is 0.866. The topological polar surface area (TPSA) is 49.4 Å². The number of carbonyl (C=O) groups is 2. The largest absolute Gasteiger partial charge is 0.351 e. The molecule has 0 unspecified atom stereocenters. The van der Waals surface area contributed by atoms with Gasteiger partial charge in [-0.15, -0.1) is 0 Å². The molecule has 26 heavy (non-hydrogen) atoms. The maximum absolute atomic E-state index is 12.3. The highest BCUT2D eigenvalue weighted by Gasteiger charge is 2.31. The highest BCUT2D eigenvalue weighted by atomic mass is 16.2. The SMILES string of the molecule is Cc1ccc(N2C[C@H](NC(=O)CCCc3ccccc3)CC2=O)cc1C. The first kappa shape index (κ1) is 18.2. The Kier molecular flexibility index (Phi) is 5.71. The van der Waals surface area contributed by atoms with Crippen molar-refractivity contribution < 1.29 is 9.59 Å². The summed E-state index contributed by atoms with van der Waals surface area (Å²) in [4.78, 5) is 26.3. The number of nitrogens with zero attached hydrogens (tertiary/aromatic N) is 1. The van der Waals surface area contributed by atoms with Crippen LogP contribution in [0.3, 0.4) is 0 Å². The lowest BCUT2D eigenvalue weighted by atomic mass is 10.1. The summed E-state index contributed by atoms with van der Waals surface area (Å²) in [5.74, 6) is 0.100. The van der Waals surface area contributed by atoms with E-state index in [1.165, 1.54) is 16.7 Å². The van der Waals surface area contributed by atoms with Gasteiger partial charge in [0.2, 0.25) is 11.8 Å². The molecule has 0 aromatic heterocycles. The van der Waals surface area contributed by atoms with E-state index >= 15 is 0 Å². The van der Waals surface area contributed by atoms with Crippen LogP contribution in [0.5, 0.6) is 0 Å². The minimum absolute atomic E-state index is 0.0284. The van der Waals surface area contributed by atoms with Crippen LogP contribution in [0.25, 0.3) is 0 Å². The lowest BCUT2D eigenvalue weighted by Crippen LogP contribution is -2.37. The smallest absolute Gasteiger partial charge is 0.229 e. The molecule has 1 N–H and O–H groups in total. The van der Waals surface area contributed by atoms with Crippen LogP contribution in [0.15, 0.2) is 48.5 Å². The van der Waals surface area contributed by atoms with E-state index in [0.717, 1.165) is 18.5 Å². The van der Waals surface area contributed by atoms with Crippen molar-refractivity contribution in [2.45, 2.75) is 45.6 Å². The monoisotopic (exact) mass is 350 g/mol. The molecule has 4 heteroatoms. The van der Waals surface area contributed by atoms with Crippen LogP contribution in [0.1, 0.15) is 36.0 Å². The van der Waals surface area contributed by atoms with Crippen LogP contribution in [0.4, 0.5) is 5.69 Å². The van der Waals surface area contributed by atoms with Crippen molar-refractivity contribution in [1.29, 1.82) is 0 Å². The van der Waals surface area contributed by atoms with Crippen molar-refractivity contribution >= 4 is 17.5 Å². The standard InChI is InChI=1S/C22H26N2O2/c1-16-11-12-20(13-17(16)2)24-15-19(14-22(24)26)23-21(25)10-6-9-18-7-4-3-5-8-18/h3-5,7-8,11-13,19H,6,9-10,14-15H2,1-2H3,(H,23,25)/t19-/m1/s1. The third-order valence-electron chi connectivity index (χ3n) is 5.00. The molecule has 2 aromatic rings. The number of carbonyl (C=O) groups excluding carboxylic acids is 2. The molecule has 0 bridgehead atoms. The first-order chi connectivity index (χ1) is 12.5. The Morgan fingerprint density at radius 2 is 1.88 bits per heavy atom. The molecule has 136 valence electrons. The second kappa shape index (κ2) is 8.17. The van der Waals surface area contributed by atoms with Gasteiger partial charge >= 0.3 is 0 Å². The van der Waals surface area contributed by atoms with Crippen molar-refractivity contribution in [3.8, 4) is 0 Å². The summed E-state index contributed by atoms with van der Waals surface area (Å²) in [6.45, 7) is 4.65. The van der Waals surface area contributed by atoms with Gasteiger partial charge in [0, 0.05) is 25.1 Å². The fourth-order valence-corrected chi connectivity index (χ4v) is 3.34. The third kappa shape index (κ3) is 4.51. The van der Waals surface area contributed by atoms with Crippen LogP contribution in [0.2, 0.25) is 0 Å². The zero-order valence-electron chi connectivity index (χ0n) is 15.5. The number of aryl methyl sites for hydroxylation is 3. The van der Waals surface area contributed by atoms with Crippen molar-refractivity contribution in [2.24, 2.45) is 0 Å². The zero-order chi connectivity index (χ0) is 18.5. The Morgan fingerprint density at radius 1 is 1.12 bits per heavy atom. The van der Waals surface area contributed by atoms with E-state index in [0.29, 0.717) is 19.4 Å². The molecule has 4 nitrogen and oxygen atoms in total. The van der Waals surface area contributed by atoms with Crippen molar-refractivity contribution in [1.82, 2.24) is 5.32 Å². The summed E-state index contributed by atoms with van der Waals surface area (Å²) in [5.41, 5.74) is 4.54. The van der Waals surface area contributed by atoms with Gasteiger partial charge in [0.1, 0.15) is 0 Å². The number of rotatable bonds is 6. The number of anilines is 1. The number of hydrogen-bond acceptors (Lipinski definition) is 2. The highest BCUT2D eigenvalue weighted by Crippen LogP contribution is 2.24. The molecule has 1 atom stereocenters. The molecule has 0 saturated carbocycles. The van der Waals surface area contributed by atoms with Crippen LogP contribution < -0.4 is 10.2 Å². The summed E-state index contributed by atoms with van der Waals surface area (Å²) in [6, 6.07) is 16.1. The molecule has 1 saturated heterocycles. The van der Waals surface area contributed by atoms with Gasteiger partial charge in [0.25, 0.3) is 0 Å². The number of amides is 2. The third-order valence-corrected chi connectivity index (χ3v) is 5.00. The average Bonchev–Trinajstić information content (AvgIpc) is 2.98. The Labute approximate surface area is 155 Å². The first-order valence-corrected chi connectivity index (χ1v) is 9.24. The van der Waals surface area contributed by atoms with Gasteiger partial charge in [0.05, 0.1) is 6.04 Å². The fourth-order valence-electron chi connectivity index (χ4n) is 3.34. The Morgan fingerprint density at radius 3 is 2.62 bits per heavy atom. The molecule has 0 spiro atoms. The normalized spacial score (nSPS) is 16.8. The molecule has 0 radical (unpaired) electrons. The Bertz CT molecular complexity index is 786. The van der Waals surface area contributed by atoms with Crippen LogP contribution >= 0.6 is 0 Å². The second-order valence-corrected chi connectivity index (χ2v) is 7.08. The van der Waals surface area contributed by atoms with Gasteiger partial charge in [-0.2, -0.15) is 0 Å². The van der Waals surface area contributed by atoms with Crippen LogP contribution in [-0.4, -0.2) is 24.4 Å². The summed E-state index contributed by atoms with van der Waals surface area (Å²) in [6.07, 6.45) is 2.57. The molecule has 2 aromatic carbocycles. The maximum Gasteiger partial charge on any atom is 0.229 e. The van der Waals surface area contributed by atoms with Crippen LogP contribution in [-0.2, 0) is 16.0 Å². The summed E-state index contributed by atoms with van der Waals surface area (Å²) in [5, 5.41) is 3.02. The predicted molar refractivity (Wildman–Crippen MR) is 104 cm³/mol. The highest BCUT2D eigenvalue weighted by molar-refractivity contribution is 5.97. The van der Waals surface area contributed by atoms with Gasteiger partial charge in [-0.3, -0.25) is 9.59 Å². The van der Waals surface area contributed by atoms with Gasteiger partial charge in [-0.1, -0.05) is 36.4 Å². The van der Waals surface area contributed by atoms with E-state index in [-0.39, 0.29) is 17.9 Å². The molecular formula is C22H26N2O2. The van der Waals surface area contributed by atoms with E-state index in [4.69, 9.17) is 0 Å². The van der Waals surface area contributed by atoms with Crippen LogP contribution in [0, 0.1) is 13.8 Å². The fraction of sp³-hybridized carbons (Fsp3) is 0.364. The Balaban J connectivity index is 1.49. The lowest BCUT2D eigenvalue weighted by Gasteiger charge is -2.18. The summed E-state index contributed by atoms with van der Waals surface area (Å²) >= 11 is 0. The molecule has 0 aliphatic carbocycles. The van der Waals surface area contributed by atoms with Gasteiger partial charge in [0.15, 0.2) is 0 Å². The number of nitrogens with one attached hydrogen (secondary N) is 1. The van der Waals surface area contributed by atoms with E-state index in [2.05, 4.69) is 24.4 Å². The van der Waals surface area contributed by atoms with E-state index in [1.54, 1.807) is 4.90 Å². The number of benzene rings is 2. The summed E-state index contributed by atoms with van der Waals surface area (Å²) in [7, 11) is 0. The van der Waals surface area contributed by atoms with Gasteiger partial charge in [-0.05, 0) is 55.5 Å². The predicted octanol–water partition coefficient (Wildman–Crippen LogP) is 3.55. The molecule has 1 aliphatic heterocycles. The lowest BCUT2D eigenvalue weighted by molar-refractivity contribution is -0.121. The molecular weight excluding hydrogens is 324 g/mol. The van der Waals surface area contributed by atoms with E-state index in [9.17, 15) is 9.59 Å². The van der Waals surface area contributed by atoms with Crippen molar-refractivity contribution in [3.05, 3.63) is 65.2 Å². The molecule has 1 aliphatic rings. The molecule has 1 heterocycles. The van der Waals surface area contributed by atoms with E-state index in [1.807, 2.05) is 43.3 Å². The molecule has 2 amide bonds. The van der Waals surface area contributed by atoms with Crippen molar-refractivity contribution in [3.63, 3.8) is 0 Å². The second-order valence-electron chi connectivity index (χ2n) is 7.08.